The zero-order valence-corrected chi connectivity index (χ0v) is 17.0. The number of halogens is 3. The summed E-state index contributed by atoms with van der Waals surface area (Å²) in [7, 11) is 0. The maximum absolute atomic E-state index is 13.2. The zero-order chi connectivity index (χ0) is 22.5. The van der Waals surface area contributed by atoms with Crippen LogP contribution in [0.3, 0.4) is 0 Å². The number of piperidine rings is 1. The average Bonchev–Trinajstić information content (AvgIpc) is 3.22. The van der Waals surface area contributed by atoms with Crippen LogP contribution in [0.5, 0.6) is 0 Å². The summed E-state index contributed by atoms with van der Waals surface area (Å²) in [5.74, 6) is -0.0742. The van der Waals surface area contributed by atoms with Crippen LogP contribution in [-0.2, 0) is 19.3 Å². The minimum absolute atomic E-state index is 0.0287. The lowest BCUT2D eigenvalue weighted by Crippen LogP contribution is -2.49. The van der Waals surface area contributed by atoms with Gasteiger partial charge in [-0.2, -0.15) is 13.2 Å². The molecular weight excluding hydrogens is 423 g/mol. The number of carbonyl (C=O) groups excluding carboxylic acids is 1. The van der Waals surface area contributed by atoms with E-state index in [1.807, 2.05) is 6.07 Å². The third-order valence-electron chi connectivity index (χ3n) is 6.18. The van der Waals surface area contributed by atoms with Crippen molar-refractivity contribution < 1.29 is 18.0 Å². The van der Waals surface area contributed by atoms with Gasteiger partial charge in [-0.25, -0.2) is 4.68 Å². The van der Waals surface area contributed by atoms with E-state index in [1.54, 1.807) is 21.6 Å². The number of carbonyl (C=O) groups is 1. The molecule has 5 rings (SSSR count). The number of alkyl halides is 3. The molecule has 1 aromatic carbocycles. The number of amides is 1. The monoisotopic (exact) mass is 443 g/mol. The molecule has 166 valence electrons. The van der Waals surface area contributed by atoms with Crippen molar-refractivity contribution in [3.05, 3.63) is 81.5 Å². The van der Waals surface area contributed by atoms with Crippen LogP contribution in [0.15, 0.2) is 53.5 Å². The van der Waals surface area contributed by atoms with Gasteiger partial charge in [0.15, 0.2) is 5.69 Å². The van der Waals surface area contributed by atoms with Crippen molar-refractivity contribution in [2.45, 2.75) is 31.6 Å². The lowest BCUT2D eigenvalue weighted by Gasteiger charge is -2.42. The van der Waals surface area contributed by atoms with Crippen molar-refractivity contribution in [3.8, 4) is 0 Å². The number of fused-ring (bicyclic) bond motifs is 4. The summed E-state index contributed by atoms with van der Waals surface area (Å²) in [4.78, 5) is 26.9. The van der Waals surface area contributed by atoms with Gasteiger partial charge >= 0.3 is 6.18 Å². The van der Waals surface area contributed by atoms with Gasteiger partial charge in [0.05, 0.1) is 18.3 Å². The highest BCUT2D eigenvalue weighted by atomic mass is 19.4. The molecule has 2 aliphatic rings. The summed E-state index contributed by atoms with van der Waals surface area (Å²) in [6.07, 6.45) is -2.17. The molecule has 0 unspecified atom stereocenters. The Bertz CT molecular complexity index is 1230. The summed E-state index contributed by atoms with van der Waals surface area (Å²) >= 11 is 0. The smallest absolute Gasteiger partial charge is 0.336 e. The van der Waals surface area contributed by atoms with Crippen molar-refractivity contribution in [1.82, 2.24) is 24.5 Å². The zero-order valence-electron chi connectivity index (χ0n) is 17.0. The molecule has 7 nitrogen and oxygen atoms in total. The molecule has 10 heteroatoms. The van der Waals surface area contributed by atoms with Gasteiger partial charge in [0.1, 0.15) is 0 Å². The predicted molar refractivity (Wildman–Crippen MR) is 108 cm³/mol. The van der Waals surface area contributed by atoms with Crippen LogP contribution in [0.2, 0.25) is 0 Å². The van der Waals surface area contributed by atoms with Crippen LogP contribution in [0.4, 0.5) is 13.2 Å². The fourth-order valence-electron chi connectivity index (χ4n) is 4.81. The maximum atomic E-state index is 13.2. The number of likely N-dealkylation sites (tertiary alicyclic amines) is 1. The first kappa shape index (κ1) is 20.5. The summed E-state index contributed by atoms with van der Waals surface area (Å²) < 4.78 is 42.8. The SMILES string of the molecule is O=C(c1cn(Cc2ccccc2C(F)(F)F)nn1)N1C[C@H]2C[C@@H](C1)c1cccc(=O)n1C2. The standard InChI is InChI=1S/C22H20F3N5O2/c23-22(24,25)17-5-2-1-4-15(17)12-29-13-18(26-27-29)21(32)28-9-14-8-16(11-28)19-6-3-7-20(31)30(19)10-14/h1-7,13-14,16H,8-12H2/t14-,16+/m1/s1. The third-order valence-corrected chi connectivity index (χ3v) is 6.18. The number of rotatable bonds is 3. The molecule has 32 heavy (non-hydrogen) atoms. The summed E-state index contributed by atoms with van der Waals surface area (Å²) in [5, 5.41) is 7.79. The molecule has 3 aromatic rings. The van der Waals surface area contributed by atoms with Gasteiger partial charge in [-0.3, -0.25) is 9.59 Å². The highest BCUT2D eigenvalue weighted by Crippen LogP contribution is 2.35. The van der Waals surface area contributed by atoms with Crippen LogP contribution in [0.25, 0.3) is 0 Å². The molecule has 0 aliphatic carbocycles. The van der Waals surface area contributed by atoms with E-state index in [0.29, 0.717) is 19.6 Å². The van der Waals surface area contributed by atoms with Crippen molar-refractivity contribution in [1.29, 1.82) is 0 Å². The fraction of sp³-hybridized carbons (Fsp3) is 0.364. The first-order chi connectivity index (χ1) is 15.3. The van der Waals surface area contributed by atoms with Crippen molar-refractivity contribution in [2.75, 3.05) is 13.1 Å². The Morgan fingerprint density at radius 3 is 2.69 bits per heavy atom. The van der Waals surface area contributed by atoms with Crippen molar-refractivity contribution in [3.63, 3.8) is 0 Å². The number of aromatic nitrogens is 4. The molecular formula is C22H20F3N5O2. The second-order valence-corrected chi connectivity index (χ2v) is 8.36. The summed E-state index contributed by atoms with van der Waals surface area (Å²) in [5.41, 5.74) is 0.317. The number of benzene rings is 1. The van der Waals surface area contributed by atoms with Crippen LogP contribution in [0, 0.1) is 5.92 Å². The quantitative estimate of drug-likeness (QED) is 0.624. The minimum atomic E-state index is -4.47. The molecule has 2 atom stereocenters. The van der Waals surface area contributed by atoms with Gasteiger partial charge in [-0.05, 0) is 30.0 Å². The topological polar surface area (TPSA) is 73.0 Å². The van der Waals surface area contributed by atoms with Crippen LogP contribution >= 0.6 is 0 Å². The van der Waals surface area contributed by atoms with E-state index in [2.05, 4.69) is 10.3 Å². The Morgan fingerprint density at radius 1 is 1.06 bits per heavy atom. The number of hydrogen-bond acceptors (Lipinski definition) is 4. The molecule has 2 bridgehead atoms. The van der Waals surface area contributed by atoms with E-state index in [4.69, 9.17) is 0 Å². The molecule has 1 saturated heterocycles. The fourth-order valence-corrected chi connectivity index (χ4v) is 4.81. The molecule has 0 saturated carbocycles. The van der Waals surface area contributed by atoms with E-state index in [-0.39, 0.29) is 41.1 Å². The van der Waals surface area contributed by atoms with Gasteiger partial charge in [0, 0.05) is 37.3 Å². The highest BCUT2D eigenvalue weighted by molar-refractivity contribution is 5.92. The lowest BCUT2D eigenvalue weighted by molar-refractivity contribution is -0.138. The summed E-state index contributed by atoms with van der Waals surface area (Å²) in [6.45, 7) is 1.39. The predicted octanol–water partition coefficient (Wildman–Crippen LogP) is 2.77. The van der Waals surface area contributed by atoms with Gasteiger partial charge in [0.25, 0.3) is 11.5 Å². The van der Waals surface area contributed by atoms with E-state index >= 15 is 0 Å². The Hall–Kier alpha value is -3.43. The number of pyridine rings is 1. The van der Waals surface area contributed by atoms with Crippen LogP contribution < -0.4 is 5.56 Å². The number of hydrogen-bond donors (Lipinski definition) is 0. The van der Waals surface area contributed by atoms with Crippen molar-refractivity contribution >= 4 is 5.91 Å². The van der Waals surface area contributed by atoms with E-state index in [0.717, 1.165) is 18.2 Å². The second-order valence-electron chi connectivity index (χ2n) is 8.36. The average molecular weight is 443 g/mol. The lowest BCUT2D eigenvalue weighted by atomic mass is 9.83. The van der Waals surface area contributed by atoms with Gasteiger partial charge < -0.3 is 9.47 Å². The van der Waals surface area contributed by atoms with Gasteiger partial charge in [0.2, 0.25) is 0 Å². The normalized spacial score (nSPS) is 20.2. The Labute approximate surface area is 181 Å². The molecule has 4 heterocycles. The third kappa shape index (κ3) is 3.69. The van der Waals surface area contributed by atoms with Crippen molar-refractivity contribution in [2.24, 2.45) is 5.92 Å². The van der Waals surface area contributed by atoms with E-state index in [9.17, 15) is 22.8 Å². The Kier molecular flexibility index (Phi) is 4.87. The molecule has 1 fully saturated rings. The van der Waals surface area contributed by atoms with E-state index in [1.165, 1.54) is 29.1 Å². The molecule has 2 aliphatic heterocycles. The summed E-state index contributed by atoms with van der Waals surface area (Å²) in [6, 6.07) is 10.5. The molecule has 0 spiro atoms. The molecule has 0 N–H and O–H groups in total. The number of nitrogens with zero attached hydrogens (tertiary/aromatic N) is 5. The Morgan fingerprint density at radius 2 is 1.88 bits per heavy atom. The first-order valence-corrected chi connectivity index (χ1v) is 10.3. The van der Waals surface area contributed by atoms with E-state index < -0.39 is 11.7 Å². The van der Waals surface area contributed by atoms with Crippen LogP contribution in [-0.4, -0.2) is 43.5 Å². The van der Waals surface area contributed by atoms with Crippen LogP contribution in [0.1, 0.15) is 39.6 Å². The second kappa shape index (κ2) is 7.61. The molecule has 0 radical (unpaired) electrons. The van der Waals surface area contributed by atoms with Gasteiger partial charge in [-0.15, -0.1) is 5.10 Å². The molecule has 1 amide bonds. The van der Waals surface area contributed by atoms with Gasteiger partial charge in [-0.1, -0.05) is 29.5 Å². The maximum Gasteiger partial charge on any atom is 0.416 e. The minimum Gasteiger partial charge on any atom is -0.336 e. The largest absolute Gasteiger partial charge is 0.416 e. The molecule has 2 aromatic heterocycles. The highest BCUT2D eigenvalue weighted by Gasteiger charge is 2.37. The first-order valence-electron chi connectivity index (χ1n) is 10.3. The Balaban J connectivity index is 1.34.